The molecule has 0 aliphatic heterocycles. The average molecular weight is 301 g/mol. The van der Waals surface area contributed by atoms with Crippen molar-refractivity contribution in [1.82, 2.24) is 14.5 Å². The molecule has 1 aromatic heterocycles. The van der Waals surface area contributed by atoms with Gasteiger partial charge in [0.25, 0.3) is 0 Å². The van der Waals surface area contributed by atoms with Crippen molar-refractivity contribution in [2.24, 2.45) is 5.92 Å². The Morgan fingerprint density at radius 1 is 1.40 bits per heavy atom. The minimum Gasteiger partial charge on any atom is -0.394 e. The first kappa shape index (κ1) is 15.5. The molecule has 1 heterocycles. The Bertz CT molecular complexity index is 527. The summed E-state index contributed by atoms with van der Waals surface area (Å²) in [6.45, 7) is 2.46. The zero-order valence-corrected chi connectivity index (χ0v) is 12.6. The highest BCUT2D eigenvalue weighted by atomic mass is 32.2. The van der Waals surface area contributed by atoms with Gasteiger partial charge >= 0.3 is 0 Å². The maximum atomic E-state index is 12.3. The van der Waals surface area contributed by atoms with E-state index in [1.54, 1.807) is 0 Å². The van der Waals surface area contributed by atoms with Gasteiger partial charge in [-0.15, -0.1) is 0 Å². The Morgan fingerprint density at radius 2 is 2.20 bits per heavy atom. The van der Waals surface area contributed by atoms with E-state index >= 15 is 0 Å². The van der Waals surface area contributed by atoms with E-state index in [9.17, 15) is 8.42 Å². The first-order valence-corrected chi connectivity index (χ1v) is 8.65. The molecule has 0 saturated heterocycles. The van der Waals surface area contributed by atoms with Gasteiger partial charge in [-0.2, -0.15) is 5.10 Å². The van der Waals surface area contributed by atoms with E-state index in [0.29, 0.717) is 12.5 Å². The maximum absolute atomic E-state index is 12.3. The van der Waals surface area contributed by atoms with Crippen molar-refractivity contribution in [3.63, 3.8) is 0 Å². The Kier molecular flexibility index (Phi) is 5.17. The molecule has 20 heavy (non-hydrogen) atoms. The van der Waals surface area contributed by atoms with Crippen molar-refractivity contribution in [1.29, 1.82) is 0 Å². The molecule has 1 aliphatic carbocycles. The third-order valence-electron chi connectivity index (χ3n) is 3.83. The Balaban J connectivity index is 2.02. The van der Waals surface area contributed by atoms with Crippen molar-refractivity contribution in [2.75, 3.05) is 6.61 Å². The van der Waals surface area contributed by atoms with E-state index in [4.69, 9.17) is 5.11 Å². The minimum absolute atomic E-state index is 0.0196. The van der Waals surface area contributed by atoms with Crippen LogP contribution in [0.4, 0.5) is 0 Å². The summed E-state index contributed by atoms with van der Waals surface area (Å²) in [6, 6.07) is 0.0196. The van der Waals surface area contributed by atoms with Crippen LogP contribution in [0.25, 0.3) is 0 Å². The van der Waals surface area contributed by atoms with E-state index in [1.807, 2.05) is 0 Å². The highest BCUT2D eigenvalue weighted by molar-refractivity contribution is 7.89. The second-order valence-corrected chi connectivity index (χ2v) is 7.31. The van der Waals surface area contributed by atoms with Gasteiger partial charge in [0.1, 0.15) is 4.90 Å². The molecule has 2 N–H and O–H groups in total. The molecule has 1 fully saturated rings. The molecule has 0 spiro atoms. The predicted molar refractivity (Wildman–Crippen MR) is 75.7 cm³/mol. The summed E-state index contributed by atoms with van der Waals surface area (Å²) < 4.78 is 28.8. The number of aliphatic hydroxyl groups is 1. The summed E-state index contributed by atoms with van der Waals surface area (Å²) in [4.78, 5) is 0.170. The fourth-order valence-corrected chi connectivity index (χ4v) is 3.86. The molecule has 1 saturated carbocycles. The number of nitrogens with zero attached hydrogens (tertiary/aromatic N) is 2. The van der Waals surface area contributed by atoms with Crippen LogP contribution in [0.5, 0.6) is 0 Å². The van der Waals surface area contributed by atoms with Crippen LogP contribution in [0, 0.1) is 5.92 Å². The van der Waals surface area contributed by atoms with Crippen molar-refractivity contribution in [2.45, 2.75) is 56.5 Å². The highest BCUT2D eigenvalue weighted by Gasteiger charge is 2.23. The molecule has 0 aromatic carbocycles. The van der Waals surface area contributed by atoms with Gasteiger partial charge in [-0.1, -0.05) is 19.8 Å². The maximum Gasteiger partial charge on any atom is 0.243 e. The second-order valence-electron chi connectivity index (χ2n) is 5.59. The lowest BCUT2D eigenvalue weighted by molar-refractivity contribution is 0.269. The second kappa shape index (κ2) is 6.69. The van der Waals surface area contributed by atoms with Gasteiger partial charge in [0, 0.05) is 12.2 Å². The summed E-state index contributed by atoms with van der Waals surface area (Å²) in [5.74, 6) is 0.678. The van der Waals surface area contributed by atoms with E-state index in [2.05, 4.69) is 16.7 Å². The number of rotatable bonds is 5. The minimum atomic E-state index is -3.51. The Hall–Kier alpha value is -0.920. The van der Waals surface area contributed by atoms with Gasteiger partial charge < -0.3 is 5.11 Å². The number of aliphatic hydroxyl groups excluding tert-OH is 1. The van der Waals surface area contributed by atoms with Gasteiger partial charge in [-0.3, -0.25) is 4.68 Å². The van der Waals surface area contributed by atoms with Gasteiger partial charge in [-0.05, 0) is 25.2 Å². The fourth-order valence-electron chi connectivity index (χ4n) is 2.60. The summed E-state index contributed by atoms with van der Waals surface area (Å²) >= 11 is 0. The topological polar surface area (TPSA) is 84.2 Å². The van der Waals surface area contributed by atoms with Crippen LogP contribution in [0.3, 0.4) is 0 Å². The molecule has 2 atom stereocenters. The monoisotopic (exact) mass is 301 g/mol. The molecular weight excluding hydrogens is 278 g/mol. The van der Waals surface area contributed by atoms with Crippen LogP contribution in [0.2, 0.25) is 0 Å². The van der Waals surface area contributed by atoms with Crippen LogP contribution < -0.4 is 4.72 Å². The molecule has 0 bridgehead atoms. The van der Waals surface area contributed by atoms with Crippen LogP contribution in [-0.4, -0.2) is 36.0 Å². The molecular formula is C13H23N3O3S. The fraction of sp³-hybridized carbons (Fsp3) is 0.769. The molecule has 1 aromatic rings. The predicted octanol–water partition coefficient (Wildman–Crippen LogP) is 1.12. The molecule has 1 aliphatic rings. The van der Waals surface area contributed by atoms with Crippen molar-refractivity contribution in [3.05, 3.63) is 12.4 Å². The first-order valence-electron chi connectivity index (χ1n) is 7.17. The molecule has 7 heteroatoms. The number of hydrogen-bond acceptors (Lipinski definition) is 4. The Labute approximate surface area is 120 Å². The van der Waals surface area contributed by atoms with Crippen LogP contribution in [0.1, 0.15) is 39.0 Å². The molecule has 2 unspecified atom stereocenters. The number of nitrogens with one attached hydrogen (secondary N) is 1. The van der Waals surface area contributed by atoms with Gasteiger partial charge in [0.05, 0.1) is 19.3 Å². The number of sulfonamides is 1. The van der Waals surface area contributed by atoms with E-state index in [-0.39, 0.29) is 17.5 Å². The summed E-state index contributed by atoms with van der Waals surface area (Å²) in [7, 11) is -3.51. The normalized spacial score (nSPS) is 24.5. The molecule has 0 amide bonds. The zero-order chi connectivity index (χ0) is 14.6. The van der Waals surface area contributed by atoms with Crippen LogP contribution >= 0.6 is 0 Å². The summed E-state index contributed by atoms with van der Waals surface area (Å²) in [5, 5.41) is 12.8. The molecule has 114 valence electrons. The van der Waals surface area contributed by atoms with Gasteiger partial charge in [0.2, 0.25) is 10.0 Å². The smallest absolute Gasteiger partial charge is 0.243 e. The average Bonchev–Trinajstić information content (AvgIpc) is 2.77. The highest BCUT2D eigenvalue weighted by Crippen LogP contribution is 2.23. The lowest BCUT2D eigenvalue weighted by atomic mass is 10.0. The van der Waals surface area contributed by atoms with Gasteiger partial charge in [0.15, 0.2) is 0 Å². The lowest BCUT2D eigenvalue weighted by Gasteiger charge is -2.15. The number of hydrogen-bond donors (Lipinski definition) is 2. The van der Waals surface area contributed by atoms with E-state index < -0.39 is 10.0 Å². The molecule has 6 nitrogen and oxygen atoms in total. The van der Waals surface area contributed by atoms with E-state index in [0.717, 1.165) is 25.7 Å². The van der Waals surface area contributed by atoms with Gasteiger partial charge in [-0.25, -0.2) is 13.1 Å². The summed E-state index contributed by atoms with van der Waals surface area (Å²) in [5.41, 5.74) is 0. The molecule has 2 rings (SSSR count). The van der Waals surface area contributed by atoms with Crippen molar-refractivity contribution < 1.29 is 13.5 Å². The third kappa shape index (κ3) is 4.04. The van der Waals surface area contributed by atoms with Crippen LogP contribution in [0.15, 0.2) is 17.3 Å². The lowest BCUT2D eigenvalue weighted by Crippen LogP contribution is -2.34. The first-order chi connectivity index (χ1) is 9.51. The zero-order valence-electron chi connectivity index (χ0n) is 11.8. The quantitative estimate of drug-likeness (QED) is 0.798. The largest absolute Gasteiger partial charge is 0.394 e. The number of aromatic nitrogens is 2. The standard InChI is InChI=1S/C13H23N3O3S/c1-11-3-2-4-12(6-5-11)15-20(18,19)13-9-14-16(10-13)7-8-17/h9-12,15,17H,2-8H2,1H3. The van der Waals surface area contributed by atoms with Crippen molar-refractivity contribution in [3.8, 4) is 0 Å². The SMILES string of the molecule is CC1CCCC(NS(=O)(=O)c2cnn(CCO)c2)CC1. The molecule has 0 radical (unpaired) electrons. The summed E-state index contributed by atoms with van der Waals surface area (Å²) in [6.07, 6.45) is 7.89. The van der Waals surface area contributed by atoms with E-state index in [1.165, 1.54) is 23.5 Å². The van der Waals surface area contributed by atoms with Crippen LogP contribution in [-0.2, 0) is 16.6 Å². The third-order valence-corrected chi connectivity index (χ3v) is 5.30. The Morgan fingerprint density at radius 3 is 2.95 bits per heavy atom. The van der Waals surface area contributed by atoms with Crippen molar-refractivity contribution >= 4 is 10.0 Å².